The van der Waals surface area contributed by atoms with Crippen LogP contribution in [0.3, 0.4) is 0 Å². The van der Waals surface area contributed by atoms with Gasteiger partial charge in [0.15, 0.2) is 0 Å². The fourth-order valence-electron chi connectivity index (χ4n) is 4.59. The van der Waals surface area contributed by atoms with Crippen molar-refractivity contribution in [3.05, 3.63) is 35.4 Å². The molecule has 1 aromatic rings. The first-order chi connectivity index (χ1) is 18.8. The number of alkyl carbamates (subject to hydrolysis) is 1. The smallest absolute Gasteiger partial charge is 0.408 e. The molecule has 0 saturated carbocycles. The molecule has 1 rings (SSSR count). The highest BCUT2D eigenvalue weighted by Gasteiger charge is 2.36. The van der Waals surface area contributed by atoms with Crippen LogP contribution in [0.5, 0.6) is 0 Å². The molecule has 226 valence electrons. The molecular formula is C31H52N4O5. The molecule has 0 aliphatic heterocycles. The number of nitrogens with zero attached hydrogens (tertiary/aromatic N) is 1. The molecule has 0 aliphatic carbocycles. The summed E-state index contributed by atoms with van der Waals surface area (Å²) in [6.07, 6.45) is 5.62. The van der Waals surface area contributed by atoms with E-state index in [0.717, 1.165) is 44.1 Å². The van der Waals surface area contributed by atoms with E-state index in [2.05, 4.69) is 24.5 Å². The summed E-state index contributed by atoms with van der Waals surface area (Å²) >= 11 is 0. The molecule has 4 amide bonds. The molecule has 0 bridgehead atoms. The zero-order valence-electron chi connectivity index (χ0n) is 25.7. The van der Waals surface area contributed by atoms with Crippen molar-refractivity contribution in [1.29, 1.82) is 0 Å². The van der Waals surface area contributed by atoms with Crippen molar-refractivity contribution < 1.29 is 23.9 Å². The van der Waals surface area contributed by atoms with Crippen LogP contribution in [-0.2, 0) is 19.1 Å². The van der Waals surface area contributed by atoms with Crippen molar-refractivity contribution in [2.45, 2.75) is 130 Å². The Balaban J connectivity index is 3.51. The zero-order chi connectivity index (χ0) is 30.3. The summed E-state index contributed by atoms with van der Waals surface area (Å²) in [7, 11) is 0. The van der Waals surface area contributed by atoms with Gasteiger partial charge in [-0.15, -0.1) is 0 Å². The second-order valence-electron chi connectivity index (χ2n) is 11.7. The van der Waals surface area contributed by atoms with Crippen LogP contribution in [0.25, 0.3) is 0 Å². The summed E-state index contributed by atoms with van der Waals surface area (Å²) in [4.78, 5) is 54.0. The highest BCUT2D eigenvalue weighted by Crippen LogP contribution is 2.26. The van der Waals surface area contributed by atoms with Crippen molar-refractivity contribution in [3.63, 3.8) is 0 Å². The predicted octanol–water partition coefficient (Wildman–Crippen LogP) is 5.30. The number of primary amides is 1. The first kappa shape index (κ1) is 34.9. The van der Waals surface area contributed by atoms with Gasteiger partial charge in [0.2, 0.25) is 17.7 Å². The number of carbonyl (C=O) groups is 4. The van der Waals surface area contributed by atoms with Gasteiger partial charge in [-0.1, -0.05) is 75.8 Å². The Labute approximate surface area is 241 Å². The minimum atomic E-state index is -1.09. The summed E-state index contributed by atoms with van der Waals surface area (Å²) in [5, 5.41) is 5.73. The van der Waals surface area contributed by atoms with Gasteiger partial charge in [-0.25, -0.2) is 4.79 Å². The normalized spacial score (nSPS) is 13.6. The Kier molecular flexibility index (Phi) is 15.3. The number of carbonyl (C=O) groups excluding carboxylic acids is 4. The van der Waals surface area contributed by atoms with Crippen molar-refractivity contribution >= 4 is 23.8 Å². The largest absolute Gasteiger partial charge is 0.444 e. The van der Waals surface area contributed by atoms with Crippen molar-refractivity contribution in [2.24, 2.45) is 5.73 Å². The minimum Gasteiger partial charge on any atom is -0.444 e. The highest BCUT2D eigenvalue weighted by molar-refractivity contribution is 5.92. The van der Waals surface area contributed by atoms with E-state index in [0.29, 0.717) is 18.5 Å². The monoisotopic (exact) mass is 560 g/mol. The number of nitrogens with one attached hydrogen (secondary N) is 2. The molecule has 3 unspecified atom stereocenters. The fraction of sp³-hybridized carbons (Fsp3) is 0.677. The molecule has 0 fully saturated rings. The molecular weight excluding hydrogens is 508 g/mol. The molecule has 9 heteroatoms. The first-order valence-corrected chi connectivity index (χ1v) is 14.7. The van der Waals surface area contributed by atoms with E-state index < -0.39 is 35.6 Å². The fourth-order valence-corrected chi connectivity index (χ4v) is 4.59. The summed E-state index contributed by atoms with van der Waals surface area (Å²) in [5.41, 5.74) is 6.28. The second-order valence-corrected chi connectivity index (χ2v) is 11.7. The van der Waals surface area contributed by atoms with Crippen LogP contribution < -0.4 is 16.4 Å². The van der Waals surface area contributed by atoms with Gasteiger partial charge >= 0.3 is 6.09 Å². The summed E-state index contributed by atoms with van der Waals surface area (Å²) in [6, 6.07) is 5.49. The maximum Gasteiger partial charge on any atom is 0.408 e. The van der Waals surface area contributed by atoms with Crippen LogP contribution in [0.15, 0.2) is 24.3 Å². The van der Waals surface area contributed by atoms with Crippen LogP contribution in [0.2, 0.25) is 0 Å². The van der Waals surface area contributed by atoms with Crippen LogP contribution in [0.1, 0.15) is 116 Å². The summed E-state index contributed by atoms with van der Waals surface area (Å²) < 4.78 is 5.40. The van der Waals surface area contributed by atoms with Crippen molar-refractivity contribution in [1.82, 2.24) is 15.5 Å². The number of hydrogen-bond donors (Lipinski definition) is 3. The minimum absolute atomic E-state index is 0.00582. The Morgan fingerprint density at radius 3 is 2.23 bits per heavy atom. The molecule has 1 aromatic carbocycles. The Hall–Kier alpha value is -3.10. The van der Waals surface area contributed by atoms with Crippen LogP contribution in [0.4, 0.5) is 4.79 Å². The molecule has 40 heavy (non-hydrogen) atoms. The lowest BCUT2D eigenvalue weighted by Gasteiger charge is -2.35. The average molecular weight is 561 g/mol. The van der Waals surface area contributed by atoms with Gasteiger partial charge in [0.1, 0.15) is 17.7 Å². The molecule has 4 N–H and O–H groups in total. The van der Waals surface area contributed by atoms with Gasteiger partial charge < -0.3 is 26.0 Å². The molecule has 0 aliphatic rings. The number of nitrogens with two attached hydrogens (primary N) is 1. The van der Waals surface area contributed by atoms with Crippen LogP contribution in [-0.4, -0.2) is 52.9 Å². The van der Waals surface area contributed by atoms with E-state index in [1.165, 1.54) is 0 Å². The van der Waals surface area contributed by atoms with E-state index in [9.17, 15) is 19.2 Å². The average Bonchev–Trinajstić information content (AvgIpc) is 2.84. The summed E-state index contributed by atoms with van der Waals surface area (Å²) in [5.74, 6) is -1.32. The number of amides is 4. The van der Waals surface area contributed by atoms with Gasteiger partial charge in [-0.2, -0.15) is 0 Å². The Morgan fingerprint density at radius 2 is 1.65 bits per heavy atom. The molecule has 0 radical (unpaired) electrons. The number of rotatable bonds is 17. The Bertz CT molecular complexity index is 959. The SMILES string of the molecule is CCCCCCCN(C(=O)C(CCC(N)=O)NC(=O)OC(C)(C)C)C(C(=O)NC(C)CCC)c1cccc(C)c1. The van der Waals surface area contributed by atoms with Gasteiger partial charge in [0, 0.05) is 19.0 Å². The van der Waals surface area contributed by atoms with Gasteiger partial charge in [0.25, 0.3) is 0 Å². The van der Waals surface area contributed by atoms with E-state index in [1.807, 2.05) is 38.1 Å². The number of aryl methyl sites for hydroxylation is 1. The number of ether oxygens (including phenoxy) is 1. The van der Waals surface area contributed by atoms with Crippen molar-refractivity contribution in [2.75, 3.05) is 6.54 Å². The molecule has 0 aromatic heterocycles. The molecule has 9 nitrogen and oxygen atoms in total. The van der Waals surface area contributed by atoms with Crippen LogP contribution in [0, 0.1) is 6.92 Å². The first-order valence-electron chi connectivity index (χ1n) is 14.7. The van der Waals surface area contributed by atoms with Gasteiger partial charge in [0.05, 0.1) is 0 Å². The third kappa shape index (κ3) is 13.3. The van der Waals surface area contributed by atoms with E-state index in [4.69, 9.17) is 10.5 Å². The summed E-state index contributed by atoms with van der Waals surface area (Å²) in [6.45, 7) is 13.6. The maximum absolute atomic E-state index is 14.2. The topological polar surface area (TPSA) is 131 Å². The lowest BCUT2D eigenvalue weighted by Crippen LogP contribution is -2.54. The number of unbranched alkanes of at least 4 members (excludes halogenated alkanes) is 4. The van der Waals surface area contributed by atoms with Crippen molar-refractivity contribution in [3.8, 4) is 0 Å². The molecule has 0 saturated heterocycles. The lowest BCUT2D eigenvalue weighted by molar-refractivity contribution is -0.143. The Morgan fingerprint density at radius 1 is 0.975 bits per heavy atom. The zero-order valence-corrected chi connectivity index (χ0v) is 25.7. The van der Waals surface area contributed by atoms with Gasteiger partial charge in [-0.3, -0.25) is 14.4 Å². The number of hydrogen-bond acceptors (Lipinski definition) is 5. The third-order valence-corrected chi connectivity index (χ3v) is 6.48. The quantitative estimate of drug-likeness (QED) is 0.223. The predicted molar refractivity (Wildman–Crippen MR) is 158 cm³/mol. The van der Waals surface area contributed by atoms with E-state index in [-0.39, 0.29) is 24.8 Å². The maximum atomic E-state index is 14.2. The van der Waals surface area contributed by atoms with E-state index in [1.54, 1.807) is 25.7 Å². The number of benzene rings is 1. The molecule has 0 heterocycles. The lowest BCUT2D eigenvalue weighted by atomic mass is 9.99. The van der Waals surface area contributed by atoms with E-state index >= 15 is 0 Å². The molecule has 3 atom stereocenters. The van der Waals surface area contributed by atoms with Crippen LogP contribution >= 0.6 is 0 Å². The third-order valence-electron chi connectivity index (χ3n) is 6.48. The standard InChI is InChI=1S/C31H52N4O5/c1-8-10-11-12-13-20-35(29(38)25(18-19-26(32)36)34-30(39)40-31(5,6)7)27(24-17-14-16-22(3)21-24)28(37)33-23(4)15-9-2/h14,16-17,21,23,25,27H,8-13,15,18-20H2,1-7H3,(H2,32,36)(H,33,37)(H,34,39). The second kappa shape index (κ2) is 17.6. The highest BCUT2D eigenvalue weighted by atomic mass is 16.6. The molecule has 0 spiro atoms. The van der Waals surface area contributed by atoms with Gasteiger partial charge in [-0.05, 0) is 59.4 Å².